The number of nitrogens with zero attached hydrogens (tertiary/aromatic N) is 2. The van der Waals surface area contributed by atoms with E-state index in [1.165, 1.54) is 12.1 Å². The van der Waals surface area contributed by atoms with Gasteiger partial charge >= 0.3 is 0 Å². The molecule has 0 amide bonds. The lowest BCUT2D eigenvalue weighted by Gasteiger charge is -2.11. The Hall–Kier alpha value is -1.94. The van der Waals surface area contributed by atoms with Crippen molar-refractivity contribution < 1.29 is 13.9 Å². The van der Waals surface area contributed by atoms with Crippen molar-refractivity contribution in [1.82, 2.24) is 15.6 Å². The van der Waals surface area contributed by atoms with E-state index in [1.54, 1.807) is 25.4 Å². The van der Waals surface area contributed by atoms with Crippen LogP contribution in [0.2, 0.25) is 0 Å². The predicted molar refractivity (Wildman–Crippen MR) is 120 cm³/mol. The molecule has 8 heteroatoms. The molecule has 28 heavy (non-hydrogen) atoms. The summed E-state index contributed by atoms with van der Waals surface area (Å²) in [5.74, 6) is 1.09. The number of methoxy groups -OCH3 is 1. The highest BCUT2D eigenvalue weighted by molar-refractivity contribution is 14.0. The van der Waals surface area contributed by atoms with Crippen LogP contribution in [0.15, 0.2) is 47.6 Å². The van der Waals surface area contributed by atoms with Crippen LogP contribution in [0.5, 0.6) is 5.88 Å². The van der Waals surface area contributed by atoms with E-state index in [0.29, 0.717) is 32.2 Å². The number of guanidine groups is 1. The van der Waals surface area contributed by atoms with Crippen molar-refractivity contribution in [2.24, 2.45) is 4.99 Å². The molecule has 1 aromatic carbocycles. The van der Waals surface area contributed by atoms with Crippen LogP contribution in [-0.2, 0) is 17.7 Å². The summed E-state index contributed by atoms with van der Waals surface area (Å²) in [6, 6.07) is 10.3. The second-order valence-corrected chi connectivity index (χ2v) is 5.84. The van der Waals surface area contributed by atoms with Gasteiger partial charge in [0.25, 0.3) is 0 Å². The number of halogens is 2. The number of hydrogen-bond acceptors (Lipinski definition) is 4. The van der Waals surface area contributed by atoms with E-state index in [2.05, 4.69) is 20.6 Å². The van der Waals surface area contributed by atoms with Crippen molar-refractivity contribution in [2.75, 3.05) is 33.4 Å². The standard InChI is InChI=1S/C20H27FN4O2.HI/c1-3-22-20(23-11-10-16-4-7-18(21)8-5-16)25-15-17-6-9-19(24-14-17)27-13-12-26-2;/h4-9,14H,3,10-13,15H2,1-2H3,(H2,22,23,25);1H. The lowest BCUT2D eigenvalue weighted by atomic mass is 10.1. The SMILES string of the molecule is CCNC(=NCc1ccc(OCCOC)nc1)NCCc1ccc(F)cc1.I. The highest BCUT2D eigenvalue weighted by Gasteiger charge is 2.00. The van der Waals surface area contributed by atoms with Crippen molar-refractivity contribution in [2.45, 2.75) is 19.9 Å². The third-order valence-electron chi connectivity index (χ3n) is 3.72. The fourth-order valence-corrected chi connectivity index (χ4v) is 2.31. The fourth-order valence-electron chi connectivity index (χ4n) is 2.31. The Kier molecular flexibility index (Phi) is 12.1. The molecule has 0 aliphatic carbocycles. The monoisotopic (exact) mass is 502 g/mol. The molecule has 0 aliphatic heterocycles. The average molecular weight is 502 g/mol. The molecule has 2 N–H and O–H groups in total. The van der Waals surface area contributed by atoms with Crippen molar-refractivity contribution in [3.05, 3.63) is 59.5 Å². The first-order chi connectivity index (χ1) is 13.2. The van der Waals surface area contributed by atoms with Crippen molar-refractivity contribution >= 4 is 29.9 Å². The highest BCUT2D eigenvalue weighted by Crippen LogP contribution is 2.08. The summed E-state index contributed by atoms with van der Waals surface area (Å²) < 4.78 is 23.3. The number of aliphatic imine (C=N–C) groups is 1. The quantitative estimate of drug-likeness (QED) is 0.226. The Labute approximate surface area is 183 Å². The summed E-state index contributed by atoms with van der Waals surface area (Å²) in [6.07, 6.45) is 2.55. The second kappa shape index (κ2) is 14.1. The molecule has 0 bridgehead atoms. The van der Waals surface area contributed by atoms with Crippen LogP contribution in [0.4, 0.5) is 4.39 Å². The Balaban J connectivity index is 0.00000392. The summed E-state index contributed by atoms with van der Waals surface area (Å²) in [5, 5.41) is 6.50. The van der Waals surface area contributed by atoms with E-state index < -0.39 is 0 Å². The molecule has 2 aromatic rings. The highest BCUT2D eigenvalue weighted by atomic mass is 127. The molecule has 0 spiro atoms. The van der Waals surface area contributed by atoms with Gasteiger partial charge in [0.2, 0.25) is 5.88 Å². The molecule has 6 nitrogen and oxygen atoms in total. The van der Waals surface area contributed by atoms with E-state index in [9.17, 15) is 4.39 Å². The summed E-state index contributed by atoms with van der Waals surface area (Å²) in [7, 11) is 1.63. The second-order valence-electron chi connectivity index (χ2n) is 5.84. The first kappa shape index (κ1) is 24.1. The van der Waals surface area contributed by atoms with Gasteiger partial charge < -0.3 is 20.1 Å². The number of pyridine rings is 1. The number of ether oxygens (including phenoxy) is 2. The molecule has 0 saturated carbocycles. The molecule has 0 fully saturated rings. The third kappa shape index (κ3) is 9.32. The zero-order valence-corrected chi connectivity index (χ0v) is 18.6. The minimum Gasteiger partial charge on any atom is -0.475 e. The Bertz CT molecular complexity index is 696. The summed E-state index contributed by atoms with van der Waals surface area (Å²) in [5.41, 5.74) is 2.07. The van der Waals surface area contributed by atoms with Crippen LogP contribution in [0, 0.1) is 5.82 Å². The van der Waals surface area contributed by atoms with Gasteiger partial charge in [-0.3, -0.25) is 0 Å². The van der Waals surface area contributed by atoms with Gasteiger partial charge in [0.1, 0.15) is 12.4 Å². The molecular formula is C20H28FIN4O2. The molecule has 0 saturated heterocycles. The van der Waals surface area contributed by atoms with E-state index in [1.807, 2.05) is 19.1 Å². The van der Waals surface area contributed by atoms with Crippen LogP contribution < -0.4 is 15.4 Å². The van der Waals surface area contributed by atoms with Crippen LogP contribution in [-0.4, -0.2) is 44.4 Å². The first-order valence-corrected chi connectivity index (χ1v) is 9.04. The summed E-state index contributed by atoms with van der Waals surface area (Å²) >= 11 is 0. The summed E-state index contributed by atoms with van der Waals surface area (Å²) in [6.45, 7) is 5.02. The van der Waals surface area contributed by atoms with Gasteiger partial charge in [-0.2, -0.15) is 0 Å². The maximum Gasteiger partial charge on any atom is 0.213 e. The number of hydrogen-bond donors (Lipinski definition) is 2. The topological polar surface area (TPSA) is 67.8 Å². The number of aromatic nitrogens is 1. The lowest BCUT2D eigenvalue weighted by Crippen LogP contribution is -2.38. The fraction of sp³-hybridized carbons (Fsp3) is 0.400. The van der Waals surface area contributed by atoms with Gasteiger partial charge in [-0.05, 0) is 36.6 Å². The smallest absolute Gasteiger partial charge is 0.213 e. The average Bonchev–Trinajstić information content (AvgIpc) is 2.69. The van der Waals surface area contributed by atoms with Crippen LogP contribution >= 0.6 is 24.0 Å². The van der Waals surface area contributed by atoms with E-state index in [-0.39, 0.29) is 29.8 Å². The summed E-state index contributed by atoms with van der Waals surface area (Å²) in [4.78, 5) is 8.83. The molecular weight excluding hydrogens is 474 g/mol. The van der Waals surface area contributed by atoms with Gasteiger partial charge in [0.05, 0.1) is 13.2 Å². The maximum atomic E-state index is 12.9. The molecule has 0 atom stereocenters. The van der Waals surface area contributed by atoms with E-state index in [4.69, 9.17) is 9.47 Å². The molecule has 0 aliphatic rings. The normalized spacial score (nSPS) is 10.9. The van der Waals surface area contributed by atoms with Crippen molar-refractivity contribution in [3.63, 3.8) is 0 Å². The zero-order valence-electron chi connectivity index (χ0n) is 16.3. The number of nitrogens with one attached hydrogen (secondary N) is 2. The van der Waals surface area contributed by atoms with Gasteiger partial charge in [-0.25, -0.2) is 14.4 Å². The molecule has 1 aromatic heterocycles. The van der Waals surface area contributed by atoms with Crippen LogP contribution in [0.3, 0.4) is 0 Å². The number of rotatable bonds is 10. The minimum absolute atomic E-state index is 0. The van der Waals surface area contributed by atoms with Crippen LogP contribution in [0.25, 0.3) is 0 Å². The van der Waals surface area contributed by atoms with E-state index >= 15 is 0 Å². The van der Waals surface area contributed by atoms with Gasteiger partial charge in [-0.1, -0.05) is 18.2 Å². The molecule has 0 radical (unpaired) electrons. The van der Waals surface area contributed by atoms with E-state index in [0.717, 1.165) is 30.1 Å². The Morgan fingerprint density at radius 1 is 1.07 bits per heavy atom. The third-order valence-corrected chi connectivity index (χ3v) is 3.72. The van der Waals surface area contributed by atoms with Crippen molar-refractivity contribution in [1.29, 1.82) is 0 Å². The lowest BCUT2D eigenvalue weighted by molar-refractivity contribution is 0.143. The van der Waals surface area contributed by atoms with Gasteiger partial charge in [0, 0.05) is 32.5 Å². The Morgan fingerprint density at radius 2 is 1.82 bits per heavy atom. The molecule has 154 valence electrons. The zero-order chi connectivity index (χ0) is 19.3. The first-order valence-electron chi connectivity index (χ1n) is 9.04. The van der Waals surface area contributed by atoms with Crippen molar-refractivity contribution in [3.8, 4) is 5.88 Å². The van der Waals surface area contributed by atoms with Crippen LogP contribution in [0.1, 0.15) is 18.1 Å². The minimum atomic E-state index is -0.217. The predicted octanol–water partition coefficient (Wildman–Crippen LogP) is 3.16. The maximum absolute atomic E-state index is 12.9. The molecule has 2 rings (SSSR count). The van der Waals surface area contributed by atoms with Gasteiger partial charge in [-0.15, -0.1) is 24.0 Å². The molecule has 0 unspecified atom stereocenters. The number of benzene rings is 1. The largest absolute Gasteiger partial charge is 0.475 e. The van der Waals surface area contributed by atoms with Gasteiger partial charge in [0.15, 0.2) is 5.96 Å². The Morgan fingerprint density at radius 3 is 2.46 bits per heavy atom. The molecule has 1 heterocycles.